The van der Waals surface area contributed by atoms with Crippen molar-refractivity contribution in [3.63, 3.8) is 0 Å². The molecule has 1 unspecified atom stereocenters. The summed E-state index contributed by atoms with van der Waals surface area (Å²) in [6.07, 6.45) is 1.85. The number of aromatic nitrogens is 1. The first-order valence-corrected chi connectivity index (χ1v) is 8.18. The molecule has 0 bridgehead atoms. The monoisotopic (exact) mass is 379 g/mol. The lowest BCUT2D eigenvalue weighted by Crippen LogP contribution is -2.37. The molecule has 22 heavy (non-hydrogen) atoms. The van der Waals surface area contributed by atoms with E-state index >= 15 is 0 Å². The van der Waals surface area contributed by atoms with E-state index in [1.54, 1.807) is 0 Å². The highest BCUT2D eigenvalue weighted by atomic mass is 35.5. The van der Waals surface area contributed by atoms with E-state index in [2.05, 4.69) is 9.88 Å². The van der Waals surface area contributed by atoms with Gasteiger partial charge in [0.05, 0.1) is 22.8 Å². The molecule has 2 aromatic rings. The zero-order valence-corrected chi connectivity index (χ0v) is 14.8. The highest BCUT2D eigenvalue weighted by molar-refractivity contribution is 7.15. The Balaban J connectivity index is 0.00000176. The predicted molar refractivity (Wildman–Crippen MR) is 94.2 cm³/mol. The van der Waals surface area contributed by atoms with Crippen LogP contribution in [0.25, 0.3) is 0 Å². The first kappa shape index (κ1) is 17.8. The van der Waals surface area contributed by atoms with E-state index in [1.165, 1.54) is 16.2 Å². The summed E-state index contributed by atoms with van der Waals surface area (Å²) in [5, 5.41) is 1.73. The van der Waals surface area contributed by atoms with Crippen molar-refractivity contribution in [3.8, 4) is 0 Å². The third kappa shape index (κ3) is 4.25. The van der Waals surface area contributed by atoms with Gasteiger partial charge in [-0.25, -0.2) is 4.98 Å². The molecule has 1 saturated heterocycles. The first-order chi connectivity index (χ1) is 10.1. The number of hydrogen-bond donors (Lipinski definition) is 1. The van der Waals surface area contributed by atoms with Crippen molar-refractivity contribution in [2.24, 2.45) is 0 Å². The highest BCUT2D eigenvalue weighted by Crippen LogP contribution is 2.29. The topological polar surface area (TPSA) is 51.4 Å². The summed E-state index contributed by atoms with van der Waals surface area (Å²) < 4.78 is 5.85. The standard InChI is InChI=1S/C14H15Cl2N3OS.ClH/c15-11-2-1-9(5-12(11)16)13-8-19(3-4-20-13)7-10-6-18-14(17)21-10;/h1-2,5-6,13H,3-4,7-8H2,(H2,17,18);1H. The van der Waals surface area contributed by atoms with Crippen LogP contribution in [0.2, 0.25) is 10.0 Å². The van der Waals surface area contributed by atoms with Gasteiger partial charge in [0.25, 0.3) is 0 Å². The molecule has 0 radical (unpaired) electrons. The average Bonchev–Trinajstić information content (AvgIpc) is 2.87. The van der Waals surface area contributed by atoms with Crippen molar-refractivity contribution in [2.45, 2.75) is 12.6 Å². The third-order valence-electron chi connectivity index (χ3n) is 3.42. The number of rotatable bonds is 3. The lowest BCUT2D eigenvalue weighted by Gasteiger charge is -2.32. The average molecular weight is 381 g/mol. The lowest BCUT2D eigenvalue weighted by molar-refractivity contribution is -0.0326. The number of nitrogens with two attached hydrogens (primary N) is 1. The molecular weight excluding hydrogens is 365 g/mol. The van der Waals surface area contributed by atoms with E-state index in [4.69, 9.17) is 33.7 Å². The van der Waals surface area contributed by atoms with Crippen LogP contribution in [0.3, 0.4) is 0 Å². The van der Waals surface area contributed by atoms with Crippen LogP contribution >= 0.6 is 46.9 Å². The largest absolute Gasteiger partial charge is 0.375 e. The molecule has 120 valence electrons. The smallest absolute Gasteiger partial charge is 0.180 e. The van der Waals surface area contributed by atoms with Gasteiger partial charge < -0.3 is 10.5 Å². The predicted octanol–water partition coefficient (Wildman–Crippen LogP) is 4.03. The highest BCUT2D eigenvalue weighted by Gasteiger charge is 2.23. The Labute approximate surface area is 149 Å². The van der Waals surface area contributed by atoms with Gasteiger partial charge in [-0.2, -0.15) is 0 Å². The fourth-order valence-corrected chi connectivity index (χ4v) is 3.41. The Bertz CT molecular complexity index is 638. The van der Waals surface area contributed by atoms with Crippen LogP contribution in [0.1, 0.15) is 16.5 Å². The Hall–Kier alpha value is -0.560. The number of nitrogens with zero attached hydrogens (tertiary/aromatic N) is 2. The van der Waals surface area contributed by atoms with Crippen molar-refractivity contribution in [2.75, 3.05) is 25.4 Å². The molecule has 2 heterocycles. The number of hydrogen-bond acceptors (Lipinski definition) is 5. The molecule has 0 amide bonds. The Morgan fingerprint density at radius 2 is 2.18 bits per heavy atom. The van der Waals surface area contributed by atoms with Gasteiger partial charge >= 0.3 is 0 Å². The maximum absolute atomic E-state index is 6.08. The minimum absolute atomic E-state index is 0. The van der Waals surface area contributed by atoms with Crippen LogP contribution in [0.15, 0.2) is 24.4 Å². The van der Waals surface area contributed by atoms with E-state index in [-0.39, 0.29) is 18.5 Å². The van der Waals surface area contributed by atoms with Crippen molar-refractivity contribution < 1.29 is 4.74 Å². The minimum Gasteiger partial charge on any atom is -0.375 e. The van der Waals surface area contributed by atoms with Gasteiger partial charge in [0, 0.05) is 30.7 Å². The maximum Gasteiger partial charge on any atom is 0.180 e. The van der Waals surface area contributed by atoms with E-state index in [0.717, 1.165) is 25.2 Å². The second-order valence-corrected chi connectivity index (χ2v) is 6.89. The van der Waals surface area contributed by atoms with Gasteiger partial charge in [-0.1, -0.05) is 29.3 Å². The summed E-state index contributed by atoms with van der Waals surface area (Å²) in [4.78, 5) is 7.59. The van der Waals surface area contributed by atoms with Gasteiger partial charge in [-0.15, -0.1) is 23.7 Å². The van der Waals surface area contributed by atoms with Crippen molar-refractivity contribution in [1.29, 1.82) is 0 Å². The van der Waals surface area contributed by atoms with Crippen LogP contribution in [0, 0.1) is 0 Å². The Kier molecular flexibility index (Phi) is 6.32. The Morgan fingerprint density at radius 3 is 2.86 bits per heavy atom. The second kappa shape index (κ2) is 7.81. The fourth-order valence-electron chi connectivity index (χ4n) is 2.38. The van der Waals surface area contributed by atoms with Crippen molar-refractivity contribution in [3.05, 3.63) is 44.9 Å². The summed E-state index contributed by atoms with van der Waals surface area (Å²) in [5.74, 6) is 0. The summed E-state index contributed by atoms with van der Waals surface area (Å²) in [5.41, 5.74) is 6.72. The number of morpholine rings is 1. The molecule has 8 heteroatoms. The molecule has 4 nitrogen and oxygen atoms in total. The molecule has 0 saturated carbocycles. The van der Waals surface area contributed by atoms with Gasteiger partial charge in [-0.05, 0) is 17.7 Å². The molecule has 1 aromatic carbocycles. The zero-order valence-electron chi connectivity index (χ0n) is 11.7. The normalized spacial score (nSPS) is 18.9. The summed E-state index contributed by atoms with van der Waals surface area (Å²) >= 11 is 13.6. The van der Waals surface area contributed by atoms with E-state index < -0.39 is 0 Å². The van der Waals surface area contributed by atoms with Crippen LogP contribution < -0.4 is 5.73 Å². The molecule has 1 fully saturated rings. The van der Waals surface area contributed by atoms with Crippen LogP contribution in [0.4, 0.5) is 5.13 Å². The Morgan fingerprint density at radius 1 is 1.36 bits per heavy atom. The molecular formula is C14H16Cl3N3OS. The lowest BCUT2D eigenvalue weighted by atomic mass is 10.1. The number of benzene rings is 1. The molecule has 1 aliphatic heterocycles. The van der Waals surface area contributed by atoms with Crippen molar-refractivity contribution >= 4 is 52.1 Å². The van der Waals surface area contributed by atoms with Crippen LogP contribution in [0.5, 0.6) is 0 Å². The number of thiazole rings is 1. The summed E-state index contributed by atoms with van der Waals surface area (Å²) in [6, 6.07) is 5.65. The van der Waals surface area contributed by atoms with E-state index in [1.807, 2.05) is 24.4 Å². The summed E-state index contributed by atoms with van der Waals surface area (Å²) in [6.45, 7) is 3.25. The molecule has 1 aromatic heterocycles. The first-order valence-electron chi connectivity index (χ1n) is 6.61. The van der Waals surface area contributed by atoms with Crippen LogP contribution in [-0.4, -0.2) is 29.6 Å². The van der Waals surface area contributed by atoms with E-state index in [0.29, 0.717) is 21.8 Å². The SMILES string of the molecule is Cl.Nc1ncc(CN2CCOC(c3ccc(Cl)c(Cl)c3)C2)s1. The summed E-state index contributed by atoms with van der Waals surface area (Å²) in [7, 11) is 0. The number of halogens is 3. The molecule has 1 aliphatic rings. The van der Waals surface area contributed by atoms with Gasteiger partial charge in [0.2, 0.25) is 0 Å². The molecule has 2 N–H and O–H groups in total. The molecule has 0 aliphatic carbocycles. The van der Waals surface area contributed by atoms with Gasteiger partial charge in [0.15, 0.2) is 5.13 Å². The fraction of sp³-hybridized carbons (Fsp3) is 0.357. The van der Waals surface area contributed by atoms with Gasteiger partial charge in [0.1, 0.15) is 0 Å². The number of anilines is 1. The second-order valence-electron chi connectivity index (χ2n) is 4.93. The number of ether oxygens (including phenoxy) is 1. The van der Waals surface area contributed by atoms with Crippen molar-refractivity contribution in [1.82, 2.24) is 9.88 Å². The number of nitrogen functional groups attached to an aromatic ring is 1. The quantitative estimate of drug-likeness (QED) is 0.873. The zero-order chi connectivity index (χ0) is 14.8. The van der Waals surface area contributed by atoms with Gasteiger partial charge in [-0.3, -0.25) is 4.90 Å². The molecule has 0 spiro atoms. The maximum atomic E-state index is 6.08. The van der Waals surface area contributed by atoms with Crippen LogP contribution in [-0.2, 0) is 11.3 Å². The van der Waals surface area contributed by atoms with E-state index in [9.17, 15) is 0 Å². The molecule has 3 rings (SSSR count). The third-order valence-corrected chi connectivity index (χ3v) is 4.97. The minimum atomic E-state index is 0. The molecule has 1 atom stereocenters.